The van der Waals surface area contributed by atoms with Crippen molar-refractivity contribution in [2.24, 2.45) is 5.41 Å². The van der Waals surface area contributed by atoms with E-state index in [2.05, 4.69) is 34.3 Å². The molecule has 0 unspecified atom stereocenters. The predicted molar refractivity (Wildman–Crippen MR) is 110 cm³/mol. The van der Waals surface area contributed by atoms with Crippen LogP contribution in [0.15, 0.2) is 67.0 Å². The summed E-state index contributed by atoms with van der Waals surface area (Å²) in [5.74, 6) is -0.259. The first kappa shape index (κ1) is 18.5. The molecule has 0 saturated carbocycles. The number of nitrogens with zero attached hydrogens (tertiary/aromatic N) is 3. The summed E-state index contributed by atoms with van der Waals surface area (Å²) in [4.78, 5) is 2.56. The maximum atomic E-state index is 13.5. The van der Waals surface area contributed by atoms with Gasteiger partial charge >= 0.3 is 0 Å². The van der Waals surface area contributed by atoms with Gasteiger partial charge in [-0.25, -0.2) is 9.07 Å². The van der Waals surface area contributed by atoms with Crippen LogP contribution < -0.4 is 0 Å². The van der Waals surface area contributed by atoms with Crippen molar-refractivity contribution >= 4 is 0 Å². The van der Waals surface area contributed by atoms with Gasteiger partial charge in [0.05, 0.1) is 18.5 Å². The lowest BCUT2D eigenvalue weighted by Gasteiger charge is -2.36. The minimum Gasteiger partial charge on any atom is -0.396 e. The third-order valence-corrected chi connectivity index (χ3v) is 6.78. The van der Waals surface area contributed by atoms with E-state index in [0.29, 0.717) is 12.1 Å². The van der Waals surface area contributed by atoms with E-state index in [0.717, 1.165) is 37.1 Å². The van der Waals surface area contributed by atoms with E-state index in [1.54, 1.807) is 10.7 Å². The van der Waals surface area contributed by atoms with Crippen LogP contribution in [-0.4, -0.2) is 38.5 Å². The van der Waals surface area contributed by atoms with Gasteiger partial charge in [0.25, 0.3) is 0 Å². The van der Waals surface area contributed by atoms with Gasteiger partial charge in [0.1, 0.15) is 5.82 Å². The van der Waals surface area contributed by atoms with E-state index in [9.17, 15) is 9.50 Å². The Morgan fingerprint density at radius 3 is 2.72 bits per heavy atom. The van der Waals surface area contributed by atoms with Crippen LogP contribution in [0, 0.1) is 11.2 Å². The predicted octanol–water partition coefficient (Wildman–Crippen LogP) is 3.97. The summed E-state index contributed by atoms with van der Waals surface area (Å²) in [5.41, 5.74) is 3.09. The third kappa shape index (κ3) is 3.38. The molecular weight excluding hydrogens is 365 g/mol. The maximum absolute atomic E-state index is 13.5. The zero-order valence-corrected chi connectivity index (χ0v) is 16.4. The Morgan fingerprint density at radius 2 is 1.93 bits per heavy atom. The molecule has 2 fully saturated rings. The maximum Gasteiger partial charge on any atom is 0.125 e. The Balaban J connectivity index is 1.35. The van der Waals surface area contributed by atoms with Crippen molar-refractivity contribution in [2.75, 3.05) is 6.61 Å². The van der Waals surface area contributed by atoms with E-state index in [1.807, 2.05) is 24.5 Å². The highest BCUT2D eigenvalue weighted by Gasteiger charge is 2.55. The minimum absolute atomic E-state index is 0.0666. The van der Waals surface area contributed by atoms with Crippen molar-refractivity contribution in [3.05, 3.63) is 83.9 Å². The van der Waals surface area contributed by atoms with Gasteiger partial charge in [-0.2, -0.15) is 5.10 Å². The number of hydrogen-bond acceptors (Lipinski definition) is 3. The van der Waals surface area contributed by atoms with Crippen molar-refractivity contribution in [1.82, 2.24) is 14.7 Å². The number of halogens is 1. The van der Waals surface area contributed by atoms with E-state index in [1.165, 1.54) is 24.1 Å². The third-order valence-electron chi connectivity index (χ3n) is 6.78. The van der Waals surface area contributed by atoms with E-state index >= 15 is 0 Å². The lowest BCUT2D eigenvalue weighted by Crippen LogP contribution is -2.41. The van der Waals surface area contributed by atoms with E-state index in [4.69, 9.17) is 0 Å². The van der Waals surface area contributed by atoms with Crippen LogP contribution in [0.2, 0.25) is 0 Å². The molecule has 5 rings (SSSR count). The fourth-order valence-corrected chi connectivity index (χ4v) is 5.49. The van der Waals surface area contributed by atoms with Crippen molar-refractivity contribution in [3.63, 3.8) is 0 Å². The van der Waals surface area contributed by atoms with Gasteiger partial charge in [0, 0.05) is 35.8 Å². The molecule has 29 heavy (non-hydrogen) atoms. The molecule has 0 aliphatic carbocycles. The van der Waals surface area contributed by atoms with Crippen LogP contribution >= 0.6 is 0 Å². The van der Waals surface area contributed by atoms with Crippen molar-refractivity contribution in [2.45, 2.75) is 44.3 Å². The van der Waals surface area contributed by atoms with Crippen molar-refractivity contribution in [1.29, 1.82) is 0 Å². The Hall–Kier alpha value is -2.50. The number of hydrogen-bond donors (Lipinski definition) is 1. The van der Waals surface area contributed by atoms with E-state index < -0.39 is 0 Å². The summed E-state index contributed by atoms with van der Waals surface area (Å²) >= 11 is 0. The highest BCUT2D eigenvalue weighted by atomic mass is 19.1. The second kappa shape index (κ2) is 7.39. The summed E-state index contributed by atoms with van der Waals surface area (Å²) in [6, 6.07) is 17.9. The second-order valence-electron chi connectivity index (χ2n) is 8.58. The molecule has 5 heteroatoms. The first-order valence-electron chi connectivity index (χ1n) is 10.4. The van der Waals surface area contributed by atoms with Crippen LogP contribution in [0.3, 0.4) is 0 Å². The molecule has 2 aromatic carbocycles. The number of aromatic nitrogens is 2. The smallest absolute Gasteiger partial charge is 0.125 e. The molecule has 0 amide bonds. The second-order valence-corrected chi connectivity index (χ2v) is 8.58. The molecule has 2 saturated heterocycles. The molecule has 2 aliphatic heterocycles. The summed E-state index contributed by atoms with van der Waals surface area (Å²) in [7, 11) is 0. The number of rotatable bonds is 6. The lowest BCUT2D eigenvalue weighted by molar-refractivity contribution is 0.0750. The first-order chi connectivity index (χ1) is 14.2. The van der Waals surface area contributed by atoms with Gasteiger partial charge in [-0.05, 0) is 49.4 Å². The molecule has 3 aromatic rings. The molecule has 0 radical (unpaired) electrons. The number of benzene rings is 2. The van der Waals surface area contributed by atoms with Crippen LogP contribution in [0.1, 0.15) is 30.4 Å². The monoisotopic (exact) mass is 391 g/mol. The number of aliphatic hydroxyl groups is 1. The molecule has 1 aromatic heterocycles. The Labute approximate surface area is 170 Å². The van der Waals surface area contributed by atoms with Gasteiger partial charge in [0.15, 0.2) is 0 Å². The first-order valence-corrected chi connectivity index (χ1v) is 10.4. The topological polar surface area (TPSA) is 41.3 Å². The fourth-order valence-electron chi connectivity index (χ4n) is 5.49. The number of aliphatic hydroxyl groups excluding tert-OH is 1. The largest absolute Gasteiger partial charge is 0.396 e. The van der Waals surface area contributed by atoms with Crippen LogP contribution in [0.4, 0.5) is 4.39 Å². The SMILES string of the molecule is OC[C@]1(Cc2ccccc2)C[C@@H]2CC[C@H]1N2Cc1cnn(-c2cccc(F)c2)c1. The summed E-state index contributed by atoms with van der Waals surface area (Å²) in [5, 5.41) is 14.8. The van der Waals surface area contributed by atoms with Crippen LogP contribution in [0.5, 0.6) is 0 Å². The Bertz CT molecular complexity index is 989. The molecule has 1 N–H and O–H groups in total. The summed E-state index contributed by atoms with van der Waals surface area (Å²) in [6.45, 7) is 1.04. The van der Waals surface area contributed by atoms with E-state index in [-0.39, 0.29) is 17.8 Å². The molecular formula is C24H26FN3O. The molecule has 3 atom stereocenters. The standard InChI is InChI=1S/C24H26FN3O/c25-20-7-4-8-21(11-20)28-16-19(14-26-28)15-27-22-9-10-23(27)24(13-22,17-29)12-18-5-2-1-3-6-18/h1-8,11,14,16,22-23,29H,9-10,12-13,15,17H2/t22-,23+,24-/m0/s1. The zero-order valence-electron chi connectivity index (χ0n) is 16.4. The normalized spacial score (nSPS) is 26.3. The minimum atomic E-state index is -0.259. The molecule has 150 valence electrons. The highest BCUT2D eigenvalue weighted by molar-refractivity contribution is 5.32. The van der Waals surface area contributed by atoms with Crippen molar-refractivity contribution < 1.29 is 9.50 Å². The molecule has 3 heterocycles. The molecule has 2 bridgehead atoms. The fraction of sp³-hybridized carbons (Fsp3) is 0.375. The van der Waals surface area contributed by atoms with Crippen LogP contribution in [0.25, 0.3) is 5.69 Å². The quantitative estimate of drug-likeness (QED) is 0.691. The Kier molecular flexibility index (Phi) is 4.72. The molecule has 2 aliphatic rings. The summed E-state index contributed by atoms with van der Waals surface area (Å²) in [6.07, 6.45) is 8.16. The number of fused-ring (bicyclic) bond motifs is 2. The lowest BCUT2D eigenvalue weighted by atomic mass is 9.70. The molecule has 4 nitrogen and oxygen atoms in total. The average molecular weight is 391 g/mol. The molecule has 0 spiro atoms. The summed E-state index contributed by atoms with van der Waals surface area (Å²) < 4.78 is 15.3. The average Bonchev–Trinajstić information content (AvgIpc) is 3.44. The van der Waals surface area contributed by atoms with Gasteiger partial charge in [0.2, 0.25) is 0 Å². The van der Waals surface area contributed by atoms with Crippen molar-refractivity contribution in [3.8, 4) is 5.69 Å². The van der Waals surface area contributed by atoms with Crippen LogP contribution in [-0.2, 0) is 13.0 Å². The van der Waals surface area contributed by atoms with Gasteiger partial charge in [-0.3, -0.25) is 4.90 Å². The van der Waals surface area contributed by atoms with Gasteiger partial charge < -0.3 is 5.11 Å². The zero-order chi connectivity index (χ0) is 19.8. The van der Waals surface area contributed by atoms with Gasteiger partial charge in [-0.1, -0.05) is 36.4 Å². The highest BCUT2D eigenvalue weighted by Crippen LogP contribution is 2.51. The van der Waals surface area contributed by atoms with Gasteiger partial charge in [-0.15, -0.1) is 0 Å². The Morgan fingerprint density at radius 1 is 1.07 bits per heavy atom.